The Labute approximate surface area is 126 Å². The summed E-state index contributed by atoms with van der Waals surface area (Å²) in [5, 5.41) is 12.1. The molecule has 2 aliphatic carbocycles. The molecule has 118 valence electrons. The summed E-state index contributed by atoms with van der Waals surface area (Å²) < 4.78 is 0. The number of nitrogens with zero attached hydrogens (tertiary/aromatic N) is 1. The summed E-state index contributed by atoms with van der Waals surface area (Å²) in [6.07, 6.45) is 9.85. The van der Waals surface area contributed by atoms with Crippen molar-refractivity contribution < 1.29 is 14.7 Å². The predicted molar refractivity (Wildman–Crippen MR) is 80.9 cm³/mol. The molecule has 2 N–H and O–H groups in total. The fourth-order valence-corrected chi connectivity index (χ4v) is 3.39. The molecule has 1 saturated carbocycles. The highest BCUT2D eigenvalue weighted by atomic mass is 16.4. The summed E-state index contributed by atoms with van der Waals surface area (Å²) in [5.41, 5.74) is 0. The zero-order chi connectivity index (χ0) is 15.2. The molecule has 5 heteroatoms. The van der Waals surface area contributed by atoms with Gasteiger partial charge < -0.3 is 15.3 Å². The molecular formula is C16H26N2O3. The highest BCUT2D eigenvalue weighted by molar-refractivity contribution is 5.85. The van der Waals surface area contributed by atoms with Crippen molar-refractivity contribution in [2.24, 2.45) is 11.8 Å². The van der Waals surface area contributed by atoms with Crippen molar-refractivity contribution in [1.29, 1.82) is 0 Å². The molecule has 0 aromatic rings. The molecule has 0 heterocycles. The lowest BCUT2D eigenvalue weighted by atomic mass is 9.82. The highest BCUT2D eigenvalue weighted by Crippen LogP contribution is 2.26. The second-order valence-electron chi connectivity index (χ2n) is 6.20. The van der Waals surface area contributed by atoms with Gasteiger partial charge in [-0.2, -0.15) is 0 Å². The van der Waals surface area contributed by atoms with Crippen LogP contribution in [0.4, 0.5) is 0 Å². The average molecular weight is 294 g/mol. The standard InChI is InChI=1S/C16H26N2O3/c1-18(12-6-2-3-7-12)11-10-17-15(19)13-8-4-5-9-14(13)16(20)21/h4-5,12-14H,2-3,6-11H2,1H3,(H,17,19)(H,20,21). The number of rotatable bonds is 6. The van der Waals surface area contributed by atoms with Crippen molar-refractivity contribution in [3.05, 3.63) is 12.2 Å². The molecule has 0 radical (unpaired) electrons. The lowest BCUT2D eigenvalue weighted by Crippen LogP contribution is -2.42. The Kier molecular flexibility index (Phi) is 5.79. The zero-order valence-electron chi connectivity index (χ0n) is 12.8. The van der Waals surface area contributed by atoms with E-state index < -0.39 is 17.8 Å². The number of hydrogen-bond acceptors (Lipinski definition) is 3. The number of amides is 1. The van der Waals surface area contributed by atoms with Crippen molar-refractivity contribution in [2.45, 2.75) is 44.6 Å². The number of carboxylic acids is 1. The van der Waals surface area contributed by atoms with E-state index in [0.29, 0.717) is 25.4 Å². The van der Waals surface area contributed by atoms with E-state index >= 15 is 0 Å². The topological polar surface area (TPSA) is 69.6 Å². The molecule has 5 nitrogen and oxygen atoms in total. The molecule has 0 spiro atoms. The fourth-order valence-electron chi connectivity index (χ4n) is 3.39. The molecule has 21 heavy (non-hydrogen) atoms. The first-order chi connectivity index (χ1) is 10.1. The van der Waals surface area contributed by atoms with Gasteiger partial charge in [0.15, 0.2) is 0 Å². The summed E-state index contributed by atoms with van der Waals surface area (Å²) in [7, 11) is 2.10. The van der Waals surface area contributed by atoms with Crippen molar-refractivity contribution in [3.8, 4) is 0 Å². The van der Waals surface area contributed by atoms with Gasteiger partial charge in [0.2, 0.25) is 5.91 Å². The number of carboxylic acid groups (broad SMARTS) is 1. The summed E-state index contributed by atoms with van der Waals surface area (Å²) in [6, 6.07) is 0.645. The van der Waals surface area contributed by atoms with Crippen LogP contribution in [0.1, 0.15) is 38.5 Å². The lowest BCUT2D eigenvalue weighted by Gasteiger charge is -2.26. The van der Waals surface area contributed by atoms with Crippen molar-refractivity contribution in [3.63, 3.8) is 0 Å². The predicted octanol–water partition coefficient (Wildman–Crippen LogP) is 1.64. The molecule has 0 saturated heterocycles. The molecule has 0 bridgehead atoms. The van der Waals surface area contributed by atoms with Gasteiger partial charge in [-0.05, 0) is 32.7 Å². The smallest absolute Gasteiger partial charge is 0.307 e. The van der Waals surface area contributed by atoms with E-state index in [-0.39, 0.29) is 5.91 Å². The van der Waals surface area contributed by atoms with E-state index in [1.54, 1.807) is 0 Å². The largest absolute Gasteiger partial charge is 0.481 e. The van der Waals surface area contributed by atoms with E-state index in [0.717, 1.165) is 6.54 Å². The van der Waals surface area contributed by atoms with Gasteiger partial charge in [-0.3, -0.25) is 9.59 Å². The quantitative estimate of drug-likeness (QED) is 0.731. The molecule has 1 amide bonds. The molecule has 1 fully saturated rings. The summed E-state index contributed by atoms with van der Waals surface area (Å²) >= 11 is 0. The third-order valence-electron chi connectivity index (χ3n) is 4.80. The molecule has 0 aromatic heterocycles. The van der Waals surface area contributed by atoms with Gasteiger partial charge in [0.05, 0.1) is 11.8 Å². The molecule has 2 rings (SSSR count). The second-order valence-corrected chi connectivity index (χ2v) is 6.20. The van der Waals surface area contributed by atoms with Crippen molar-refractivity contribution in [2.75, 3.05) is 20.1 Å². The minimum atomic E-state index is -0.873. The molecular weight excluding hydrogens is 268 g/mol. The van der Waals surface area contributed by atoms with Crippen LogP contribution in [0, 0.1) is 11.8 Å². The second kappa shape index (κ2) is 7.59. The van der Waals surface area contributed by atoms with Crippen molar-refractivity contribution in [1.82, 2.24) is 10.2 Å². The van der Waals surface area contributed by atoms with Crippen LogP contribution < -0.4 is 5.32 Å². The summed E-state index contributed by atoms with van der Waals surface area (Å²) in [6.45, 7) is 1.43. The Morgan fingerprint density at radius 3 is 2.43 bits per heavy atom. The Bertz CT molecular complexity index is 402. The molecule has 2 aliphatic rings. The third-order valence-corrected chi connectivity index (χ3v) is 4.80. The number of nitrogens with one attached hydrogen (secondary N) is 1. The maximum Gasteiger partial charge on any atom is 0.307 e. The average Bonchev–Trinajstić information content (AvgIpc) is 3.01. The highest BCUT2D eigenvalue weighted by Gasteiger charge is 2.33. The van der Waals surface area contributed by atoms with Crippen LogP contribution in [-0.2, 0) is 9.59 Å². The van der Waals surface area contributed by atoms with E-state index in [2.05, 4.69) is 17.3 Å². The van der Waals surface area contributed by atoms with Gasteiger partial charge in [-0.25, -0.2) is 0 Å². The number of hydrogen-bond donors (Lipinski definition) is 2. The van der Waals surface area contributed by atoms with Crippen molar-refractivity contribution >= 4 is 11.9 Å². The Balaban J connectivity index is 1.75. The van der Waals surface area contributed by atoms with Gasteiger partial charge in [0.1, 0.15) is 0 Å². The van der Waals surface area contributed by atoms with E-state index in [4.69, 9.17) is 0 Å². The third kappa shape index (κ3) is 4.30. The fraction of sp³-hybridized carbons (Fsp3) is 0.750. The minimum absolute atomic E-state index is 0.119. The number of allylic oxidation sites excluding steroid dienone is 2. The maximum atomic E-state index is 12.2. The Morgan fingerprint density at radius 1 is 1.19 bits per heavy atom. The van der Waals surface area contributed by atoms with Crippen LogP contribution in [0.15, 0.2) is 12.2 Å². The molecule has 0 aliphatic heterocycles. The Morgan fingerprint density at radius 2 is 1.81 bits per heavy atom. The van der Waals surface area contributed by atoms with Gasteiger partial charge in [-0.1, -0.05) is 25.0 Å². The van der Waals surface area contributed by atoms with Crippen LogP contribution in [-0.4, -0.2) is 48.1 Å². The van der Waals surface area contributed by atoms with E-state index in [1.807, 2.05) is 12.2 Å². The number of carbonyl (C=O) groups is 2. The minimum Gasteiger partial charge on any atom is -0.481 e. The van der Waals surface area contributed by atoms with E-state index in [1.165, 1.54) is 25.7 Å². The number of carbonyl (C=O) groups excluding carboxylic acids is 1. The molecule has 2 atom stereocenters. The molecule has 2 unspecified atom stereocenters. The lowest BCUT2D eigenvalue weighted by molar-refractivity contribution is -0.147. The van der Waals surface area contributed by atoms with E-state index in [9.17, 15) is 14.7 Å². The van der Waals surface area contributed by atoms with Crippen LogP contribution in [0.5, 0.6) is 0 Å². The number of likely N-dealkylation sites (N-methyl/N-ethyl adjacent to an activating group) is 1. The monoisotopic (exact) mass is 294 g/mol. The normalized spacial score (nSPS) is 26.2. The van der Waals surface area contributed by atoms with Gasteiger partial charge >= 0.3 is 5.97 Å². The maximum absolute atomic E-state index is 12.2. The number of aliphatic carboxylic acids is 1. The van der Waals surface area contributed by atoms with Crippen LogP contribution >= 0.6 is 0 Å². The first-order valence-electron chi connectivity index (χ1n) is 7.95. The van der Waals surface area contributed by atoms with Gasteiger partial charge in [0.25, 0.3) is 0 Å². The van der Waals surface area contributed by atoms with Crippen LogP contribution in [0.2, 0.25) is 0 Å². The summed E-state index contributed by atoms with van der Waals surface area (Å²) in [4.78, 5) is 25.7. The first kappa shape index (κ1) is 16.0. The van der Waals surface area contributed by atoms with Crippen LogP contribution in [0.3, 0.4) is 0 Å². The molecule has 0 aromatic carbocycles. The SMILES string of the molecule is CN(CCNC(=O)C1CC=CCC1C(=O)O)C1CCCC1. The summed E-state index contributed by atoms with van der Waals surface area (Å²) in [5.74, 6) is -2.00. The first-order valence-corrected chi connectivity index (χ1v) is 7.95. The van der Waals surface area contributed by atoms with Crippen LogP contribution in [0.25, 0.3) is 0 Å². The Hall–Kier alpha value is -1.36. The van der Waals surface area contributed by atoms with Gasteiger partial charge in [-0.15, -0.1) is 0 Å². The van der Waals surface area contributed by atoms with Gasteiger partial charge in [0, 0.05) is 19.1 Å². The zero-order valence-corrected chi connectivity index (χ0v) is 12.8.